The first-order valence-electron chi connectivity index (χ1n) is 12.7. The summed E-state index contributed by atoms with van der Waals surface area (Å²) in [6.07, 6.45) is 6.65. The van der Waals surface area contributed by atoms with E-state index >= 15 is 0 Å². The monoisotopic (exact) mass is 535 g/mol. The summed E-state index contributed by atoms with van der Waals surface area (Å²) in [5.41, 5.74) is 9.76. The zero-order valence-corrected chi connectivity index (χ0v) is 22.8. The lowest BCUT2D eigenvalue weighted by molar-refractivity contribution is -0.127. The molecule has 2 N–H and O–H groups in total. The molecule has 1 aliphatic heterocycles. The molecule has 0 fully saturated rings. The van der Waals surface area contributed by atoms with E-state index in [2.05, 4.69) is 23.9 Å². The summed E-state index contributed by atoms with van der Waals surface area (Å²) in [4.78, 5) is 32.5. The van der Waals surface area contributed by atoms with Gasteiger partial charge in [-0.2, -0.15) is 5.10 Å². The number of hydrogen-bond acceptors (Lipinski definition) is 7. The van der Waals surface area contributed by atoms with Gasteiger partial charge >= 0.3 is 0 Å². The van der Waals surface area contributed by atoms with Gasteiger partial charge in [0, 0.05) is 42.3 Å². The first kappa shape index (κ1) is 27.3. The van der Waals surface area contributed by atoms with Gasteiger partial charge in [-0.1, -0.05) is 32.0 Å². The highest BCUT2D eigenvalue weighted by atomic mass is 32.2. The summed E-state index contributed by atoms with van der Waals surface area (Å²) < 4.78 is 24.1. The molecule has 2 aromatic carbocycles. The van der Waals surface area contributed by atoms with Gasteiger partial charge in [-0.15, -0.1) is 0 Å². The second-order valence-electron chi connectivity index (χ2n) is 9.62. The van der Waals surface area contributed by atoms with Crippen molar-refractivity contribution in [3.05, 3.63) is 64.1 Å². The van der Waals surface area contributed by atoms with Crippen molar-refractivity contribution >= 4 is 44.1 Å². The lowest BCUT2D eigenvalue weighted by Gasteiger charge is -2.22. The van der Waals surface area contributed by atoms with E-state index in [1.165, 1.54) is 4.68 Å². The quantitative estimate of drug-likeness (QED) is 0.446. The Kier molecular flexibility index (Phi) is 8.11. The Hall–Kier alpha value is -3.79. The second kappa shape index (κ2) is 11.3. The fourth-order valence-corrected chi connectivity index (χ4v) is 5.05. The van der Waals surface area contributed by atoms with E-state index in [4.69, 9.17) is 5.73 Å². The van der Waals surface area contributed by atoms with Crippen molar-refractivity contribution in [3.8, 4) is 11.1 Å². The fourth-order valence-electron chi connectivity index (χ4n) is 4.54. The minimum absolute atomic E-state index is 0.00621. The maximum Gasteiger partial charge on any atom is 0.274 e. The smallest absolute Gasteiger partial charge is 0.274 e. The summed E-state index contributed by atoms with van der Waals surface area (Å²) in [7, 11) is -3.21. The van der Waals surface area contributed by atoms with Crippen LogP contribution in [0.1, 0.15) is 38.7 Å². The van der Waals surface area contributed by atoms with Crippen LogP contribution in [-0.4, -0.2) is 59.9 Å². The number of aromatic nitrogens is 2. The number of hydrogen-bond donors (Lipinski definition) is 1. The summed E-state index contributed by atoms with van der Waals surface area (Å²) in [5.74, 6) is 0.220. The van der Waals surface area contributed by atoms with E-state index < -0.39 is 9.84 Å². The lowest BCUT2D eigenvalue weighted by atomic mass is 9.99. The van der Waals surface area contributed by atoms with Gasteiger partial charge in [0.2, 0.25) is 5.91 Å². The van der Waals surface area contributed by atoms with Crippen molar-refractivity contribution in [3.63, 3.8) is 0 Å². The Balaban J connectivity index is 1.66. The average Bonchev–Trinajstić information content (AvgIpc) is 3.04. The third kappa shape index (κ3) is 6.19. The molecular weight excluding hydrogens is 502 g/mol. The van der Waals surface area contributed by atoms with Crippen molar-refractivity contribution in [2.75, 3.05) is 25.1 Å². The van der Waals surface area contributed by atoms with Gasteiger partial charge in [0.05, 0.1) is 29.6 Å². The lowest BCUT2D eigenvalue weighted by Crippen LogP contribution is -2.34. The number of carbonyl (C=O) groups excluding carboxylic acids is 1. The molecular formula is C28H33N5O4S. The van der Waals surface area contributed by atoms with Gasteiger partial charge in [0.15, 0.2) is 0 Å². The normalized spacial score (nSPS) is 13.4. The SMILES string of the molecule is CCCN(CCC)C(=O)C1=Cc2ccc(-c3ccc4c(=O)n(CCS(C)(=O)=O)ncc4c3)cc2N=C(N)C1. The number of carbonyl (C=O) groups is 1. The summed E-state index contributed by atoms with van der Waals surface area (Å²) in [6.45, 7) is 5.52. The van der Waals surface area contributed by atoms with Gasteiger partial charge in [-0.05, 0) is 48.2 Å². The number of nitrogens with zero attached hydrogens (tertiary/aromatic N) is 4. The van der Waals surface area contributed by atoms with Crippen LogP contribution in [0.3, 0.4) is 0 Å². The van der Waals surface area contributed by atoms with Crippen LogP contribution in [0.4, 0.5) is 5.69 Å². The number of amidine groups is 1. The Morgan fingerprint density at radius 2 is 1.76 bits per heavy atom. The van der Waals surface area contributed by atoms with E-state index in [-0.39, 0.29) is 23.8 Å². The largest absolute Gasteiger partial charge is 0.387 e. The van der Waals surface area contributed by atoms with Crippen LogP contribution in [0.15, 0.2) is 58.0 Å². The molecule has 1 amide bonds. The van der Waals surface area contributed by atoms with Crippen molar-refractivity contribution in [1.29, 1.82) is 0 Å². The Labute approximate surface area is 222 Å². The number of benzene rings is 2. The van der Waals surface area contributed by atoms with Gasteiger partial charge in [0.25, 0.3) is 5.56 Å². The van der Waals surface area contributed by atoms with E-state index in [1.54, 1.807) is 12.3 Å². The van der Waals surface area contributed by atoms with Gasteiger partial charge in [0.1, 0.15) is 15.7 Å². The van der Waals surface area contributed by atoms with Crippen molar-refractivity contribution in [2.45, 2.75) is 39.7 Å². The third-order valence-electron chi connectivity index (χ3n) is 6.40. The zero-order valence-electron chi connectivity index (χ0n) is 22.0. The van der Waals surface area contributed by atoms with Crippen molar-refractivity contribution in [2.24, 2.45) is 10.7 Å². The molecule has 0 atom stereocenters. The van der Waals surface area contributed by atoms with E-state index in [0.717, 1.165) is 35.8 Å². The molecule has 9 nitrogen and oxygen atoms in total. The molecule has 1 aromatic heterocycles. The average molecular weight is 536 g/mol. The highest BCUT2D eigenvalue weighted by Gasteiger charge is 2.21. The number of sulfone groups is 1. The Morgan fingerprint density at radius 3 is 2.45 bits per heavy atom. The molecule has 0 saturated carbocycles. The van der Waals surface area contributed by atoms with Crippen LogP contribution < -0.4 is 11.3 Å². The van der Waals surface area contributed by atoms with E-state index in [1.807, 2.05) is 41.3 Å². The molecule has 0 aliphatic carbocycles. The molecule has 0 spiro atoms. The fraction of sp³-hybridized carbons (Fsp3) is 0.357. The van der Waals surface area contributed by atoms with Gasteiger partial charge < -0.3 is 10.6 Å². The van der Waals surface area contributed by atoms with E-state index in [0.29, 0.717) is 47.4 Å². The van der Waals surface area contributed by atoms with Crippen LogP contribution in [0, 0.1) is 0 Å². The number of rotatable bonds is 9. The molecule has 1 aliphatic rings. The molecule has 3 aromatic rings. The third-order valence-corrected chi connectivity index (χ3v) is 7.33. The molecule has 2 heterocycles. The molecule has 0 bridgehead atoms. The van der Waals surface area contributed by atoms with Gasteiger partial charge in [-0.3, -0.25) is 9.59 Å². The predicted molar refractivity (Wildman–Crippen MR) is 152 cm³/mol. The number of aryl methyl sites for hydroxylation is 1. The molecule has 0 radical (unpaired) electrons. The topological polar surface area (TPSA) is 128 Å². The molecule has 200 valence electrons. The Morgan fingerprint density at radius 1 is 1.08 bits per heavy atom. The summed E-state index contributed by atoms with van der Waals surface area (Å²) in [6, 6.07) is 11.2. The minimum Gasteiger partial charge on any atom is -0.387 e. The van der Waals surface area contributed by atoms with Gasteiger partial charge in [-0.25, -0.2) is 18.1 Å². The molecule has 38 heavy (non-hydrogen) atoms. The second-order valence-corrected chi connectivity index (χ2v) is 11.9. The first-order valence-corrected chi connectivity index (χ1v) is 14.8. The summed E-state index contributed by atoms with van der Waals surface area (Å²) in [5, 5.41) is 5.28. The maximum absolute atomic E-state index is 13.2. The number of nitrogens with two attached hydrogens (primary N) is 1. The molecule has 4 rings (SSSR count). The number of amides is 1. The first-order chi connectivity index (χ1) is 18.1. The van der Waals surface area contributed by atoms with Crippen LogP contribution >= 0.6 is 0 Å². The highest BCUT2D eigenvalue weighted by Crippen LogP contribution is 2.33. The summed E-state index contributed by atoms with van der Waals surface area (Å²) >= 11 is 0. The standard InChI is InChI=1S/C28H33N5O4S/c1-4-10-32(11-5-2)27(34)22-15-21-7-6-20(16-25(21)31-26(29)17-22)19-8-9-24-23(14-19)18-30-33(28(24)35)12-13-38(3,36)37/h6-9,14-16,18H,4-5,10-13,17H2,1-3H3,(H2,29,31). The number of fused-ring (bicyclic) bond motifs is 2. The highest BCUT2D eigenvalue weighted by molar-refractivity contribution is 7.90. The maximum atomic E-state index is 13.2. The van der Waals surface area contributed by atoms with Crippen LogP contribution in [0.5, 0.6) is 0 Å². The van der Waals surface area contributed by atoms with E-state index in [9.17, 15) is 18.0 Å². The number of aliphatic imine (C=N–C) groups is 1. The molecule has 10 heteroatoms. The van der Waals surface area contributed by atoms with Crippen molar-refractivity contribution < 1.29 is 13.2 Å². The zero-order chi connectivity index (χ0) is 27.4. The van der Waals surface area contributed by atoms with Crippen LogP contribution in [-0.2, 0) is 21.2 Å². The van der Waals surface area contributed by atoms with Crippen molar-refractivity contribution in [1.82, 2.24) is 14.7 Å². The molecule has 0 saturated heterocycles. The Bertz CT molecular complexity index is 1600. The van der Waals surface area contributed by atoms with Crippen LogP contribution in [0.2, 0.25) is 0 Å². The predicted octanol–water partition coefficient (Wildman–Crippen LogP) is 3.53. The molecule has 0 unspecified atom stereocenters. The minimum atomic E-state index is -3.21. The van der Waals surface area contributed by atoms with Crippen LogP contribution in [0.25, 0.3) is 28.0 Å².